The second-order valence-electron chi connectivity index (χ2n) is 16.1. The minimum atomic E-state index is -0.411. The van der Waals surface area contributed by atoms with Crippen molar-refractivity contribution in [2.24, 2.45) is 50.7 Å². The Balaban J connectivity index is 2.00. The molecule has 0 spiro atoms. The normalized spacial score (nSPS) is 37.0. The number of nitrogens with one attached hydrogen (secondary N) is 1. The molecule has 0 bridgehead atoms. The molecule has 3 rings (SSSR count). The third-order valence-corrected chi connectivity index (χ3v) is 12.7. The fourth-order valence-electron chi connectivity index (χ4n) is 9.45. The number of hydrogen-bond donors (Lipinski definition) is 1. The van der Waals surface area contributed by atoms with Gasteiger partial charge in [-0.2, -0.15) is 5.26 Å². The Kier molecular flexibility index (Phi) is 9.79. The van der Waals surface area contributed by atoms with Crippen LogP contribution in [0.25, 0.3) is 0 Å². The van der Waals surface area contributed by atoms with Crippen LogP contribution in [0.4, 0.5) is 0 Å². The van der Waals surface area contributed by atoms with Gasteiger partial charge in [-0.25, -0.2) is 0 Å². The van der Waals surface area contributed by atoms with Crippen molar-refractivity contribution in [3.63, 3.8) is 0 Å². The molecule has 5 heteroatoms. The van der Waals surface area contributed by atoms with Crippen LogP contribution in [-0.4, -0.2) is 24.0 Å². The van der Waals surface area contributed by atoms with Crippen molar-refractivity contribution in [2.45, 2.75) is 133 Å². The Bertz CT molecular complexity index is 1100. The number of hydrogen-bond acceptors (Lipinski definition) is 4. The molecule has 3 aliphatic rings. The summed E-state index contributed by atoms with van der Waals surface area (Å²) in [6, 6.07) is 2.18. The smallest absolute Gasteiger partial charge is 0.226 e. The summed E-state index contributed by atoms with van der Waals surface area (Å²) in [5.74, 6) is 0.545. The van der Waals surface area contributed by atoms with Crippen LogP contribution in [0.15, 0.2) is 11.6 Å². The van der Waals surface area contributed by atoms with E-state index in [9.17, 15) is 19.6 Å². The third-order valence-electron chi connectivity index (χ3n) is 12.7. The van der Waals surface area contributed by atoms with E-state index in [0.717, 1.165) is 64.3 Å². The van der Waals surface area contributed by atoms with Crippen LogP contribution in [0, 0.1) is 62.1 Å². The van der Waals surface area contributed by atoms with Gasteiger partial charge in [-0.1, -0.05) is 74.8 Å². The van der Waals surface area contributed by atoms with E-state index < -0.39 is 5.41 Å². The molecule has 0 aromatic rings. The molecule has 230 valence electrons. The van der Waals surface area contributed by atoms with Gasteiger partial charge in [0.2, 0.25) is 5.91 Å². The van der Waals surface area contributed by atoms with Gasteiger partial charge in [0.1, 0.15) is 11.9 Å². The van der Waals surface area contributed by atoms with Gasteiger partial charge in [0.05, 0.1) is 11.0 Å². The highest BCUT2D eigenvalue weighted by atomic mass is 16.2. The average Bonchev–Trinajstić information content (AvgIpc) is 2.87. The zero-order chi connectivity index (χ0) is 31.0. The molecule has 0 saturated heterocycles. The maximum absolute atomic E-state index is 13.9. The molecule has 2 saturated carbocycles. The lowest BCUT2D eigenvalue weighted by Gasteiger charge is -2.63. The highest BCUT2D eigenvalue weighted by molar-refractivity contribution is 6.01. The summed E-state index contributed by atoms with van der Waals surface area (Å²) in [6.45, 7) is 22.7. The van der Waals surface area contributed by atoms with Gasteiger partial charge in [-0.15, -0.1) is 0 Å². The molecule has 0 radical (unpaired) electrons. The third kappa shape index (κ3) is 6.09. The molecule has 1 N–H and O–H groups in total. The summed E-state index contributed by atoms with van der Waals surface area (Å²) in [6.07, 6.45) is 11.0. The average molecular weight is 567 g/mol. The van der Waals surface area contributed by atoms with E-state index >= 15 is 0 Å². The number of allylic oxidation sites excluding steroid dienone is 2. The first-order valence-corrected chi connectivity index (χ1v) is 16.4. The second kappa shape index (κ2) is 12.0. The highest BCUT2D eigenvalue weighted by Gasteiger charge is 2.61. The Morgan fingerprint density at radius 1 is 1.12 bits per heavy atom. The standard InChI is InChI=1S/C36H58N2O3/c1-11-12-19-38-31(41)36(17-15-32(5,6)21-24(36)2)18-16-33(7,8)35(10)14-13-28-26(4)30(40)27(23-37)22-34(28,9)29(35)20-25(3)39/h22,24,26,28-29H,11-21H2,1-10H3,(H,38,41)/t24?,26-,28-,29+,34-,35+,36-/m0/s1. The lowest BCUT2D eigenvalue weighted by atomic mass is 9.41. The summed E-state index contributed by atoms with van der Waals surface area (Å²) in [5, 5.41) is 13.2. The van der Waals surface area contributed by atoms with Crippen molar-refractivity contribution >= 4 is 17.5 Å². The van der Waals surface area contributed by atoms with Crippen LogP contribution in [0.1, 0.15) is 133 Å². The maximum Gasteiger partial charge on any atom is 0.226 e. The van der Waals surface area contributed by atoms with Crippen LogP contribution in [-0.2, 0) is 14.4 Å². The van der Waals surface area contributed by atoms with Crippen molar-refractivity contribution in [3.8, 4) is 6.07 Å². The SMILES string of the molecule is CCCCNC(=O)[C@]1(CCC(C)(C)[C@]2(C)CC[C@H]3[C@H](C)C(=O)C(C#N)=C[C@]3(C)[C@H]2CC(C)=O)CCC(C)(C)CC1C. The van der Waals surface area contributed by atoms with Gasteiger partial charge in [-0.05, 0) is 97.7 Å². The molecule has 0 heterocycles. The number of carbonyl (C=O) groups excluding carboxylic acids is 3. The van der Waals surface area contributed by atoms with Crippen molar-refractivity contribution in [1.29, 1.82) is 5.26 Å². The highest BCUT2D eigenvalue weighted by Crippen LogP contribution is 2.66. The minimum absolute atomic E-state index is 0.0113. The number of unbranched alkanes of at least 4 members (excludes halogenated alkanes) is 1. The van der Waals surface area contributed by atoms with E-state index in [1.165, 1.54) is 0 Å². The largest absolute Gasteiger partial charge is 0.356 e. The van der Waals surface area contributed by atoms with Gasteiger partial charge in [0.15, 0.2) is 5.78 Å². The summed E-state index contributed by atoms with van der Waals surface area (Å²) < 4.78 is 0. The first kappa shape index (κ1) is 33.5. The van der Waals surface area contributed by atoms with E-state index in [0.29, 0.717) is 12.3 Å². The summed E-state index contributed by atoms with van der Waals surface area (Å²) >= 11 is 0. The van der Waals surface area contributed by atoms with Gasteiger partial charge in [0, 0.05) is 18.9 Å². The van der Waals surface area contributed by atoms with Crippen LogP contribution >= 0.6 is 0 Å². The number of rotatable bonds is 10. The number of nitrogens with zero attached hydrogens (tertiary/aromatic N) is 1. The molecule has 7 atom stereocenters. The topological polar surface area (TPSA) is 87.0 Å². The monoisotopic (exact) mass is 566 g/mol. The van der Waals surface area contributed by atoms with E-state index in [1.807, 2.05) is 13.0 Å². The van der Waals surface area contributed by atoms with Crippen LogP contribution in [0.2, 0.25) is 0 Å². The number of nitriles is 1. The van der Waals surface area contributed by atoms with E-state index in [1.54, 1.807) is 6.92 Å². The fourth-order valence-corrected chi connectivity index (χ4v) is 9.45. The Hall–Kier alpha value is -1.96. The number of amides is 1. The van der Waals surface area contributed by atoms with Crippen LogP contribution in [0.5, 0.6) is 0 Å². The predicted molar refractivity (Wildman–Crippen MR) is 166 cm³/mol. The summed E-state index contributed by atoms with van der Waals surface area (Å²) in [7, 11) is 0. The van der Waals surface area contributed by atoms with Crippen molar-refractivity contribution in [1.82, 2.24) is 5.32 Å². The number of carbonyl (C=O) groups is 3. The maximum atomic E-state index is 13.9. The molecule has 0 aromatic heterocycles. The van der Waals surface area contributed by atoms with E-state index in [-0.39, 0.29) is 62.5 Å². The molecule has 41 heavy (non-hydrogen) atoms. The summed E-state index contributed by atoms with van der Waals surface area (Å²) in [5.41, 5.74) is -0.644. The van der Waals surface area contributed by atoms with Gasteiger partial charge in [-0.3, -0.25) is 9.59 Å². The molecule has 2 fully saturated rings. The van der Waals surface area contributed by atoms with Crippen molar-refractivity contribution in [3.05, 3.63) is 11.6 Å². The molecule has 1 unspecified atom stereocenters. The van der Waals surface area contributed by atoms with Gasteiger partial charge < -0.3 is 10.1 Å². The molecule has 3 aliphatic carbocycles. The Morgan fingerprint density at radius 2 is 1.78 bits per heavy atom. The number of Topliss-reactive ketones (excluding diaryl/α,β-unsaturated/α-hetero) is 2. The fraction of sp³-hybridized carbons (Fsp3) is 0.833. The zero-order valence-electron chi connectivity index (χ0n) is 27.8. The molecular weight excluding hydrogens is 508 g/mol. The summed E-state index contributed by atoms with van der Waals surface area (Å²) in [4.78, 5) is 39.7. The van der Waals surface area contributed by atoms with Crippen LogP contribution < -0.4 is 5.32 Å². The predicted octanol–water partition coefficient (Wildman–Crippen LogP) is 8.23. The zero-order valence-corrected chi connectivity index (χ0v) is 27.8. The molecular formula is C36H58N2O3. The van der Waals surface area contributed by atoms with Crippen molar-refractivity contribution in [2.75, 3.05) is 6.54 Å². The molecule has 0 aromatic carbocycles. The van der Waals surface area contributed by atoms with E-state index in [2.05, 4.69) is 66.8 Å². The lowest BCUT2D eigenvalue weighted by molar-refractivity contribution is -0.148. The number of ketones is 2. The van der Waals surface area contributed by atoms with E-state index in [4.69, 9.17) is 0 Å². The van der Waals surface area contributed by atoms with Crippen molar-refractivity contribution < 1.29 is 14.4 Å². The van der Waals surface area contributed by atoms with Crippen LogP contribution in [0.3, 0.4) is 0 Å². The minimum Gasteiger partial charge on any atom is -0.356 e. The van der Waals surface area contributed by atoms with Gasteiger partial charge >= 0.3 is 0 Å². The van der Waals surface area contributed by atoms with Gasteiger partial charge in [0.25, 0.3) is 0 Å². The quantitative estimate of drug-likeness (QED) is 0.270. The molecule has 5 nitrogen and oxygen atoms in total. The molecule has 1 amide bonds. The lowest BCUT2D eigenvalue weighted by Crippen LogP contribution is -2.58. The Labute approximate surface area is 250 Å². The first-order valence-electron chi connectivity index (χ1n) is 16.4. The second-order valence-corrected chi connectivity index (χ2v) is 16.1. The number of fused-ring (bicyclic) bond motifs is 1. The first-order chi connectivity index (χ1) is 18.9. The molecule has 0 aliphatic heterocycles. The Morgan fingerprint density at radius 3 is 2.34 bits per heavy atom.